The van der Waals surface area contributed by atoms with Gasteiger partial charge in [0.1, 0.15) is 17.5 Å². The molecule has 12 heteroatoms. The number of nitrogens with one attached hydrogen (secondary N) is 1. The molecular formula is C22H19F3N8O. The van der Waals surface area contributed by atoms with E-state index in [-0.39, 0.29) is 18.1 Å². The number of hydrogen-bond acceptors (Lipinski definition) is 6. The molecule has 0 bridgehead atoms. The van der Waals surface area contributed by atoms with Gasteiger partial charge < -0.3 is 5.32 Å². The van der Waals surface area contributed by atoms with E-state index < -0.39 is 11.7 Å². The van der Waals surface area contributed by atoms with Crippen molar-refractivity contribution in [1.29, 1.82) is 5.26 Å². The molecule has 0 fully saturated rings. The highest BCUT2D eigenvalue weighted by atomic mass is 19.4. The van der Waals surface area contributed by atoms with Crippen LogP contribution in [0.4, 0.5) is 19.0 Å². The highest BCUT2D eigenvalue weighted by Crippen LogP contribution is 2.29. The Morgan fingerprint density at radius 2 is 1.97 bits per heavy atom. The molecule has 0 spiro atoms. The lowest BCUT2D eigenvalue weighted by Gasteiger charge is -2.12. The summed E-state index contributed by atoms with van der Waals surface area (Å²) < 4.78 is 41.3. The molecule has 0 aliphatic rings. The number of hydrogen-bond donors (Lipinski definition) is 1. The van der Waals surface area contributed by atoms with Crippen LogP contribution in [0.15, 0.2) is 30.6 Å². The van der Waals surface area contributed by atoms with E-state index >= 15 is 0 Å². The minimum atomic E-state index is -4.50. The van der Waals surface area contributed by atoms with Gasteiger partial charge in [-0.05, 0) is 44.9 Å². The highest BCUT2D eigenvalue weighted by molar-refractivity contribution is 5.90. The third-order valence-electron chi connectivity index (χ3n) is 5.32. The zero-order valence-corrected chi connectivity index (χ0v) is 18.5. The predicted molar refractivity (Wildman–Crippen MR) is 115 cm³/mol. The minimum Gasteiger partial charge on any atom is -0.311 e. The van der Waals surface area contributed by atoms with Crippen molar-refractivity contribution in [2.24, 2.45) is 0 Å². The molecule has 1 amide bonds. The SMILES string of the molecule is Cc1cc(NC(=O)CCc2c(C)nc3c(C#N)cnn3c2C)n(-c2ccc(C(F)(F)F)cn2)n1. The van der Waals surface area contributed by atoms with Gasteiger partial charge in [0.05, 0.1) is 17.5 Å². The zero-order chi connectivity index (χ0) is 24.6. The summed E-state index contributed by atoms with van der Waals surface area (Å²) in [5.41, 5.74) is 2.84. The molecule has 174 valence electrons. The van der Waals surface area contributed by atoms with E-state index in [2.05, 4.69) is 31.6 Å². The summed E-state index contributed by atoms with van der Waals surface area (Å²) in [5, 5.41) is 20.4. The van der Waals surface area contributed by atoms with Crippen molar-refractivity contribution in [1.82, 2.24) is 29.4 Å². The number of nitrogens with zero attached hydrogens (tertiary/aromatic N) is 7. The van der Waals surface area contributed by atoms with Gasteiger partial charge in [0.15, 0.2) is 11.5 Å². The summed E-state index contributed by atoms with van der Waals surface area (Å²) in [7, 11) is 0. The Morgan fingerprint density at radius 1 is 1.21 bits per heavy atom. The molecule has 0 unspecified atom stereocenters. The molecule has 0 saturated carbocycles. The van der Waals surface area contributed by atoms with Crippen LogP contribution >= 0.6 is 0 Å². The Balaban J connectivity index is 1.51. The maximum atomic E-state index is 12.8. The van der Waals surface area contributed by atoms with Gasteiger partial charge >= 0.3 is 6.18 Å². The van der Waals surface area contributed by atoms with E-state index in [1.54, 1.807) is 17.5 Å². The maximum Gasteiger partial charge on any atom is 0.417 e. The number of nitriles is 1. The molecule has 0 aromatic carbocycles. The quantitative estimate of drug-likeness (QED) is 0.478. The van der Waals surface area contributed by atoms with Crippen LogP contribution in [0.5, 0.6) is 0 Å². The number of pyridine rings is 1. The molecule has 4 aromatic heterocycles. The third-order valence-corrected chi connectivity index (χ3v) is 5.32. The number of aryl methyl sites for hydroxylation is 3. The minimum absolute atomic E-state index is 0.117. The van der Waals surface area contributed by atoms with Crippen LogP contribution < -0.4 is 5.32 Å². The number of carbonyl (C=O) groups is 1. The average molecular weight is 468 g/mol. The van der Waals surface area contributed by atoms with Crippen LogP contribution in [0.2, 0.25) is 0 Å². The van der Waals surface area contributed by atoms with Crippen molar-refractivity contribution in [3.63, 3.8) is 0 Å². The van der Waals surface area contributed by atoms with E-state index in [1.807, 2.05) is 13.8 Å². The Bertz CT molecular complexity index is 1430. The van der Waals surface area contributed by atoms with Crippen LogP contribution in [0, 0.1) is 32.1 Å². The van der Waals surface area contributed by atoms with Crippen molar-refractivity contribution >= 4 is 17.4 Å². The molecule has 0 aliphatic heterocycles. The van der Waals surface area contributed by atoms with Gasteiger partial charge in [0.2, 0.25) is 5.91 Å². The van der Waals surface area contributed by atoms with Crippen LogP contribution in [0.3, 0.4) is 0 Å². The van der Waals surface area contributed by atoms with Gasteiger partial charge in [-0.2, -0.15) is 33.3 Å². The summed E-state index contributed by atoms with van der Waals surface area (Å²) in [6.07, 6.45) is -1.83. The average Bonchev–Trinajstić information content (AvgIpc) is 3.35. The molecule has 4 aromatic rings. The second-order valence-corrected chi connectivity index (χ2v) is 7.70. The lowest BCUT2D eigenvalue weighted by molar-refractivity contribution is -0.137. The topological polar surface area (TPSA) is 114 Å². The number of alkyl halides is 3. The maximum absolute atomic E-state index is 12.8. The molecule has 0 atom stereocenters. The van der Waals surface area contributed by atoms with E-state index in [1.165, 1.54) is 16.9 Å². The highest BCUT2D eigenvalue weighted by Gasteiger charge is 2.30. The molecule has 9 nitrogen and oxygen atoms in total. The number of rotatable bonds is 5. The fourth-order valence-corrected chi connectivity index (χ4v) is 3.64. The van der Waals surface area contributed by atoms with Crippen LogP contribution in [0.25, 0.3) is 11.5 Å². The summed E-state index contributed by atoms with van der Waals surface area (Å²) >= 11 is 0. The molecular weight excluding hydrogens is 449 g/mol. The monoisotopic (exact) mass is 468 g/mol. The normalized spacial score (nSPS) is 11.6. The Kier molecular flexibility index (Phi) is 5.78. The summed E-state index contributed by atoms with van der Waals surface area (Å²) in [5.74, 6) is 0.123. The fraction of sp³-hybridized carbons (Fsp3) is 0.273. The van der Waals surface area contributed by atoms with Gasteiger partial charge in [0, 0.05) is 30.1 Å². The molecule has 4 heterocycles. The number of carbonyl (C=O) groups excluding carboxylic acids is 1. The molecule has 0 aliphatic carbocycles. The Labute approximate surface area is 191 Å². The van der Waals surface area contributed by atoms with E-state index in [4.69, 9.17) is 0 Å². The lowest BCUT2D eigenvalue weighted by atomic mass is 10.1. The summed E-state index contributed by atoms with van der Waals surface area (Å²) in [4.78, 5) is 21.0. The Morgan fingerprint density at radius 3 is 2.62 bits per heavy atom. The fourth-order valence-electron chi connectivity index (χ4n) is 3.64. The Hall–Kier alpha value is -4.27. The van der Waals surface area contributed by atoms with Crippen molar-refractivity contribution < 1.29 is 18.0 Å². The number of fused-ring (bicyclic) bond motifs is 1. The largest absolute Gasteiger partial charge is 0.417 e. The lowest BCUT2D eigenvalue weighted by Crippen LogP contribution is -2.17. The van der Waals surface area contributed by atoms with Crippen molar-refractivity contribution in [3.05, 3.63) is 64.4 Å². The summed E-state index contributed by atoms with van der Waals surface area (Å²) in [6.45, 7) is 5.35. The van der Waals surface area contributed by atoms with Gasteiger partial charge in [0.25, 0.3) is 0 Å². The number of amides is 1. The molecule has 1 N–H and O–H groups in total. The molecule has 0 saturated heterocycles. The van der Waals surface area contributed by atoms with E-state index in [9.17, 15) is 23.2 Å². The first-order chi connectivity index (χ1) is 16.1. The standard InChI is InChI=1S/C22H19F3N8O/c1-12-8-19(33(31-12)18-6-4-16(11-27-18)22(23,24)25)30-20(34)7-5-17-13(2)29-21-15(9-26)10-28-32(21)14(17)3/h4,6,8,10-11H,5,7H2,1-3H3,(H,30,34). The van der Waals surface area contributed by atoms with Gasteiger partial charge in [-0.3, -0.25) is 4.79 Å². The van der Waals surface area contributed by atoms with Crippen LogP contribution in [0.1, 0.15) is 40.2 Å². The second kappa shape index (κ2) is 8.58. The smallest absolute Gasteiger partial charge is 0.311 e. The van der Waals surface area contributed by atoms with Gasteiger partial charge in [-0.1, -0.05) is 0 Å². The van der Waals surface area contributed by atoms with Crippen molar-refractivity contribution in [2.45, 2.75) is 39.8 Å². The first-order valence-corrected chi connectivity index (χ1v) is 10.2. The van der Waals surface area contributed by atoms with Crippen molar-refractivity contribution in [2.75, 3.05) is 5.32 Å². The number of halogens is 3. The van der Waals surface area contributed by atoms with Crippen molar-refractivity contribution in [3.8, 4) is 11.9 Å². The summed E-state index contributed by atoms with van der Waals surface area (Å²) in [6, 6.07) is 5.76. The molecule has 4 rings (SSSR count). The molecule has 0 radical (unpaired) electrons. The van der Waals surface area contributed by atoms with E-state index in [0.717, 1.165) is 23.5 Å². The van der Waals surface area contributed by atoms with E-state index in [0.29, 0.717) is 34.8 Å². The van der Waals surface area contributed by atoms with Gasteiger partial charge in [-0.25, -0.2) is 14.5 Å². The number of anilines is 1. The first-order valence-electron chi connectivity index (χ1n) is 10.2. The van der Waals surface area contributed by atoms with Gasteiger partial charge in [-0.15, -0.1) is 0 Å². The zero-order valence-electron chi connectivity index (χ0n) is 18.5. The van der Waals surface area contributed by atoms with Crippen LogP contribution in [-0.4, -0.2) is 35.3 Å². The first kappa shape index (κ1) is 22.9. The predicted octanol–water partition coefficient (Wildman–Crippen LogP) is 3.70. The third kappa shape index (κ3) is 4.32. The molecule has 34 heavy (non-hydrogen) atoms. The number of aromatic nitrogens is 6. The second-order valence-electron chi connectivity index (χ2n) is 7.70. The van der Waals surface area contributed by atoms with Crippen LogP contribution in [-0.2, 0) is 17.4 Å².